The highest BCUT2D eigenvalue weighted by Gasteiger charge is 2.49. The second-order valence-corrected chi connectivity index (χ2v) is 7.71. The van der Waals surface area contributed by atoms with Crippen molar-refractivity contribution in [1.82, 2.24) is 10.2 Å². The number of urea groups is 1. The fourth-order valence-electron chi connectivity index (χ4n) is 3.30. The highest BCUT2D eigenvalue weighted by molar-refractivity contribution is 6.10. The zero-order valence-corrected chi connectivity index (χ0v) is 17.1. The van der Waals surface area contributed by atoms with Crippen LogP contribution in [0.4, 0.5) is 10.5 Å². The van der Waals surface area contributed by atoms with Gasteiger partial charge in [-0.15, -0.1) is 0 Å². The number of nitrogens with one attached hydrogen (secondary N) is 2. The predicted octanol–water partition coefficient (Wildman–Crippen LogP) is 2.31. The van der Waals surface area contributed by atoms with Crippen molar-refractivity contribution >= 4 is 29.4 Å². The summed E-state index contributed by atoms with van der Waals surface area (Å²) in [6.45, 7) is 5.34. The third-order valence-electron chi connectivity index (χ3n) is 5.18. The fourth-order valence-corrected chi connectivity index (χ4v) is 3.30. The van der Waals surface area contributed by atoms with E-state index in [0.29, 0.717) is 22.7 Å². The number of imide groups is 1. The lowest BCUT2D eigenvalue weighted by molar-refractivity contribution is -0.133. The molecule has 0 aliphatic carbocycles. The van der Waals surface area contributed by atoms with Gasteiger partial charge in [-0.2, -0.15) is 0 Å². The Kier molecular flexibility index (Phi) is 5.60. The summed E-state index contributed by atoms with van der Waals surface area (Å²) in [5.74, 6) is -1.26. The van der Waals surface area contributed by atoms with Gasteiger partial charge in [0.1, 0.15) is 12.1 Å². The molecular formula is C22H24N4O4. The van der Waals surface area contributed by atoms with Crippen LogP contribution in [0.3, 0.4) is 0 Å². The third-order valence-corrected chi connectivity index (χ3v) is 5.18. The van der Waals surface area contributed by atoms with Crippen LogP contribution in [-0.2, 0) is 15.1 Å². The summed E-state index contributed by atoms with van der Waals surface area (Å²) in [5, 5.41) is 5.29. The lowest BCUT2D eigenvalue weighted by Gasteiger charge is -2.22. The minimum atomic E-state index is -1.24. The minimum Gasteiger partial charge on any atom is -0.366 e. The van der Waals surface area contributed by atoms with Crippen molar-refractivity contribution in [2.75, 3.05) is 11.9 Å². The summed E-state index contributed by atoms with van der Waals surface area (Å²) in [6.07, 6.45) is 0. The van der Waals surface area contributed by atoms with Crippen LogP contribution in [0.15, 0.2) is 48.5 Å². The van der Waals surface area contributed by atoms with E-state index in [2.05, 4.69) is 24.5 Å². The number of nitrogens with two attached hydrogens (primary N) is 1. The van der Waals surface area contributed by atoms with Gasteiger partial charge in [0.2, 0.25) is 11.8 Å². The van der Waals surface area contributed by atoms with Gasteiger partial charge in [-0.05, 0) is 48.2 Å². The average molecular weight is 408 g/mol. The average Bonchev–Trinajstić information content (AvgIpc) is 2.92. The number of carbonyl (C=O) groups is 4. The summed E-state index contributed by atoms with van der Waals surface area (Å²) in [4.78, 5) is 49.8. The molecule has 0 aromatic heterocycles. The Morgan fingerprint density at radius 1 is 1.07 bits per heavy atom. The van der Waals surface area contributed by atoms with E-state index in [9.17, 15) is 19.2 Å². The molecule has 4 N–H and O–H groups in total. The number of amides is 5. The molecule has 30 heavy (non-hydrogen) atoms. The summed E-state index contributed by atoms with van der Waals surface area (Å²) in [5.41, 5.74) is 6.44. The van der Waals surface area contributed by atoms with E-state index in [1.165, 1.54) is 24.3 Å². The van der Waals surface area contributed by atoms with Gasteiger partial charge in [0, 0.05) is 11.3 Å². The number of hydrogen-bond acceptors (Lipinski definition) is 4. The smallest absolute Gasteiger partial charge is 0.325 e. The Balaban J connectivity index is 1.71. The zero-order chi connectivity index (χ0) is 22.1. The molecule has 8 heteroatoms. The van der Waals surface area contributed by atoms with Gasteiger partial charge >= 0.3 is 6.03 Å². The topological polar surface area (TPSA) is 122 Å². The normalized spacial score (nSPS) is 18.5. The Morgan fingerprint density at radius 3 is 2.20 bits per heavy atom. The number of primary amides is 1. The molecular weight excluding hydrogens is 384 g/mol. The Labute approximate surface area is 174 Å². The largest absolute Gasteiger partial charge is 0.366 e. The van der Waals surface area contributed by atoms with E-state index >= 15 is 0 Å². The lowest BCUT2D eigenvalue weighted by Crippen LogP contribution is -2.42. The molecule has 1 heterocycles. The molecule has 0 saturated carbocycles. The molecule has 3 rings (SSSR count). The number of nitrogens with zero attached hydrogens (tertiary/aromatic N) is 1. The number of rotatable bonds is 6. The molecule has 1 atom stereocenters. The van der Waals surface area contributed by atoms with Crippen LogP contribution < -0.4 is 16.4 Å². The zero-order valence-electron chi connectivity index (χ0n) is 17.1. The molecule has 156 valence electrons. The molecule has 0 unspecified atom stereocenters. The minimum absolute atomic E-state index is 0.307. The monoisotopic (exact) mass is 408 g/mol. The van der Waals surface area contributed by atoms with Gasteiger partial charge in [0.25, 0.3) is 5.91 Å². The molecule has 1 aliphatic heterocycles. The van der Waals surface area contributed by atoms with Crippen molar-refractivity contribution in [3.05, 3.63) is 65.2 Å². The van der Waals surface area contributed by atoms with E-state index in [4.69, 9.17) is 5.73 Å². The van der Waals surface area contributed by atoms with Gasteiger partial charge < -0.3 is 16.4 Å². The number of anilines is 1. The Morgan fingerprint density at radius 2 is 1.67 bits per heavy atom. The van der Waals surface area contributed by atoms with Crippen LogP contribution in [0.2, 0.25) is 0 Å². The standard InChI is InChI=1S/C22H24N4O4/c1-13(2)14-4-8-16(9-5-14)22(3)20(29)26(21(30)25-22)12-18(27)24-17-10-6-15(7-11-17)19(23)28/h4-11,13H,12H2,1-3H3,(H2,23,28)(H,24,27)(H,25,30)/t22-/m1/s1. The third kappa shape index (κ3) is 4.03. The van der Waals surface area contributed by atoms with E-state index in [1.54, 1.807) is 6.92 Å². The first-order chi connectivity index (χ1) is 14.1. The van der Waals surface area contributed by atoms with Crippen molar-refractivity contribution in [3.63, 3.8) is 0 Å². The first-order valence-corrected chi connectivity index (χ1v) is 9.56. The molecule has 1 aliphatic rings. The van der Waals surface area contributed by atoms with Crippen molar-refractivity contribution in [3.8, 4) is 0 Å². The Bertz CT molecular complexity index is 999. The SMILES string of the molecule is CC(C)c1ccc([C@@]2(C)NC(=O)N(CC(=O)Nc3ccc(C(N)=O)cc3)C2=O)cc1. The first kappa shape index (κ1) is 21.0. The maximum Gasteiger partial charge on any atom is 0.325 e. The number of hydrogen-bond donors (Lipinski definition) is 3. The molecule has 8 nitrogen and oxygen atoms in total. The number of benzene rings is 2. The molecule has 0 radical (unpaired) electrons. The molecule has 0 bridgehead atoms. The molecule has 2 aromatic carbocycles. The molecule has 1 saturated heterocycles. The second kappa shape index (κ2) is 7.98. The maximum absolute atomic E-state index is 13.0. The quantitative estimate of drug-likeness (QED) is 0.635. The van der Waals surface area contributed by atoms with Gasteiger partial charge in [-0.25, -0.2) is 4.79 Å². The van der Waals surface area contributed by atoms with Crippen LogP contribution in [0.1, 0.15) is 48.2 Å². The Hall–Kier alpha value is -3.68. The van der Waals surface area contributed by atoms with Gasteiger partial charge in [0.05, 0.1) is 0 Å². The van der Waals surface area contributed by atoms with Crippen molar-refractivity contribution < 1.29 is 19.2 Å². The second-order valence-electron chi connectivity index (χ2n) is 7.71. The number of carbonyl (C=O) groups excluding carboxylic acids is 4. The van der Waals surface area contributed by atoms with Gasteiger partial charge in [-0.1, -0.05) is 38.1 Å². The highest BCUT2D eigenvalue weighted by atomic mass is 16.2. The predicted molar refractivity (Wildman–Crippen MR) is 112 cm³/mol. The van der Waals surface area contributed by atoms with Crippen molar-refractivity contribution in [1.29, 1.82) is 0 Å². The summed E-state index contributed by atoms with van der Waals surface area (Å²) in [7, 11) is 0. The molecule has 5 amide bonds. The molecule has 0 spiro atoms. The van der Waals surface area contributed by atoms with Crippen LogP contribution in [0.5, 0.6) is 0 Å². The van der Waals surface area contributed by atoms with E-state index in [-0.39, 0.29) is 0 Å². The summed E-state index contributed by atoms with van der Waals surface area (Å²) < 4.78 is 0. The van der Waals surface area contributed by atoms with Gasteiger partial charge in [-0.3, -0.25) is 19.3 Å². The molecule has 1 fully saturated rings. The highest BCUT2D eigenvalue weighted by Crippen LogP contribution is 2.30. The van der Waals surface area contributed by atoms with E-state index in [1.807, 2.05) is 24.3 Å². The van der Waals surface area contributed by atoms with Gasteiger partial charge in [0.15, 0.2) is 0 Å². The fraction of sp³-hybridized carbons (Fsp3) is 0.273. The van der Waals surface area contributed by atoms with Crippen molar-refractivity contribution in [2.24, 2.45) is 5.73 Å². The lowest BCUT2D eigenvalue weighted by atomic mass is 9.90. The van der Waals surface area contributed by atoms with Crippen LogP contribution in [0, 0.1) is 0 Å². The van der Waals surface area contributed by atoms with Crippen LogP contribution >= 0.6 is 0 Å². The molecule has 2 aromatic rings. The van der Waals surface area contributed by atoms with E-state index in [0.717, 1.165) is 10.5 Å². The van der Waals surface area contributed by atoms with Crippen molar-refractivity contribution in [2.45, 2.75) is 32.2 Å². The van der Waals surface area contributed by atoms with Crippen LogP contribution in [0.25, 0.3) is 0 Å². The van der Waals surface area contributed by atoms with Crippen LogP contribution in [-0.4, -0.2) is 35.2 Å². The summed E-state index contributed by atoms with van der Waals surface area (Å²) in [6, 6.07) is 12.8. The van der Waals surface area contributed by atoms with E-state index < -0.39 is 35.8 Å². The first-order valence-electron chi connectivity index (χ1n) is 9.56. The summed E-state index contributed by atoms with van der Waals surface area (Å²) >= 11 is 0. The maximum atomic E-state index is 13.0.